The van der Waals surface area contributed by atoms with Crippen LogP contribution in [0.5, 0.6) is 0 Å². The van der Waals surface area contributed by atoms with Crippen LogP contribution in [0, 0.1) is 0 Å². The number of nitrogen functional groups attached to an aromatic ring is 1. The minimum Gasteiger partial charge on any atom is -0.396 e. The van der Waals surface area contributed by atoms with Crippen LogP contribution in [-0.2, 0) is 0 Å². The fourth-order valence-electron chi connectivity index (χ4n) is 1.23. The van der Waals surface area contributed by atoms with Gasteiger partial charge in [0, 0.05) is 10.0 Å². The Hall–Kier alpha value is -1.000. The van der Waals surface area contributed by atoms with Crippen LogP contribution in [0.3, 0.4) is 0 Å². The molecule has 1 aromatic heterocycles. The lowest BCUT2D eigenvalue weighted by Gasteiger charge is -2.04. The number of benzene rings is 1. The molecule has 0 radical (unpaired) electrons. The fraction of sp³-hybridized carbons (Fsp3) is 0. The summed E-state index contributed by atoms with van der Waals surface area (Å²) >= 11 is 9.47. The Morgan fingerprint density at radius 3 is 2.79 bits per heavy atom. The molecule has 2 rings (SSSR count). The van der Waals surface area contributed by atoms with Crippen LogP contribution in [0.2, 0.25) is 5.02 Å². The Morgan fingerprint density at radius 2 is 2.21 bits per heavy atom. The number of nitrogens with zero attached hydrogens (tertiary/aromatic N) is 1. The molecule has 14 heavy (non-hydrogen) atoms. The van der Waals surface area contributed by atoms with Crippen LogP contribution in [0.1, 0.15) is 0 Å². The second-order valence-electron chi connectivity index (χ2n) is 2.80. The van der Waals surface area contributed by atoms with Gasteiger partial charge in [0.2, 0.25) is 0 Å². The summed E-state index contributed by atoms with van der Waals surface area (Å²) in [5.41, 5.74) is 7.89. The van der Waals surface area contributed by atoms with Gasteiger partial charge >= 0.3 is 0 Å². The van der Waals surface area contributed by atoms with E-state index in [1.165, 1.54) is 0 Å². The van der Waals surface area contributed by atoms with Gasteiger partial charge in [-0.15, -0.1) is 0 Å². The quantitative estimate of drug-likeness (QED) is 0.838. The predicted molar refractivity (Wildman–Crippen MR) is 61.1 cm³/mol. The molecule has 1 aromatic carbocycles. The summed E-state index contributed by atoms with van der Waals surface area (Å²) in [6, 6.07) is 5.58. The maximum Gasteiger partial charge on any atom is 0.0906 e. The number of anilines is 1. The lowest BCUT2D eigenvalue weighted by molar-refractivity contribution is 1.09. The highest BCUT2D eigenvalue weighted by Gasteiger charge is 2.11. The van der Waals surface area contributed by atoms with E-state index in [1.807, 2.05) is 18.2 Å². The van der Waals surface area contributed by atoms with E-state index >= 15 is 0 Å². The van der Waals surface area contributed by atoms with Crippen molar-refractivity contribution >= 4 is 33.2 Å². The van der Waals surface area contributed by atoms with Crippen molar-refractivity contribution in [3.05, 3.63) is 33.9 Å². The number of nitrogens with two attached hydrogens (primary N) is 1. The third-order valence-corrected chi connectivity index (χ3v) is 2.86. The van der Waals surface area contributed by atoms with Gasteiger partial charge in [-0.25, -0.2) is 0 Å². The zero-order chi connectivity index (χ0) is 10.1. The van der Waals surface area contributed by atoms with Gasteiger partial charge in [0.05, 0.1) is 22.6 Å². The molecule has 72 valence electrons. The van der Waals surface area contributed by atoms with Crippen molar-refractivity contribution in [1.82, 2.24) is 10.2 Å². The zero-order valence-corrected chi connectivity index (χ0v) is 9.43. The number of aromatic amines is 1. The molecule has 5 heteroatoms. The molecule has 0 aliphatic rings. The molecule has 3 N–H and O–H groups in total. The number of hydrogen-bond acceptors (Lipinski definition) is 2. The van der Waals surface area contributed by atoms with E-state index in [9.17, 15) is 0 Å². The maximum atomic E-state index is 6.06. The second-order valence-corrected chi connectivity index (χ2v) is 4.06. The number of hydrogen-bond donors (Lipinski definition) is 2. The first kappa shape index (κ1) is 9.55. The highest BCUT2D eigenvalue weighted by Crippen LogP contribution is 2.35. The van der Waals surface area contributed by atoms with E-state index < -0.39 is 0 Å². The summed E-state index contributed by atoms with van der Waals surface area (Å²) in [6.07, 6.45) is 1.56. The van der Waals surface area contributed by atoms with Crippen LogP contribution in [0.4, 0.5) is 5.69 Å². The second kappa shape index (κ2) is 3.63. The SMILES string of the molecule is Nc1cn[nH]c1-c1c(Cl)cccc1Br. The van der Waals surface area contributed by atoms with Crippen molar-refractivity contribution in [1.29, 1.82) is 0 Å². The van der Waals surface area contributed by atoms with Gasteiger partial charge in [0.25, 0.3) is 0 Å². The lowest BCUT2D eigenvalue weighted by atomic mass is 10.1. The van der Waals surface area contributed by atoms with E-state index in [-0.39, 0.29) is 0 Å². The molecule has 3 nitrogen and oxygen atoms in total. The normalized spacial score (nSPS) is 10.4. The molecule has 2 aromatic rings. The largest absolute Gasteiger partial charge is 0.396 e. The van der Waals surface area contributed by atoms with Gasteiger partial charge in [0.1, 0.15) is 0 Å². The minimum absolute atomic E-state index is 0.582. The minimum atomic E-state index is 0.582. The summed E-state index contributed by atoms with van der Waals surface area (Å²) in [6.45, 7) is 0. The number of H-pyrrole nitrogens is 1. The maximum absolute atomic E-state index is 6.06. The van der Waals surface area contributed by atoms with Crippen molar-refractivity contribution in [3.8, 4) is 11.3 Å². The topological polar surface area (TPSA) is 54.7 Å². The monoisotopic (exact) mass is 271 g/mol. The van der Waals surface area contributed by atoms with Crippen molar-refractivity contribution in [2.45, 2.75) is 0 Å². The van der Waals surface area contributed by atoms with Crippen LogP contribution in [-0.4, -0.2) is 10.2 Å². The predicted octanol–water partition coefficient (Wildman–Crippen LogP) is 3.07. The molecule has 0 fully saturated rings. The molecule has 0 bridgehead atoms. The first-order chi connectivity index (χ1) is 6.70. The summed E-state index contributed by atoms with van der Waals surface area (Å²) < 4.78 is 0.890. The number of halogens is 2. The molecule has 0 atom stereocenters. The zero-order valence-electron chi connectivity index (χ0n) is 7.09. The molecule has 0 saturated heterocycles. The highest BCUT2D eigenvalue weighted by molar-refractivity contribution is 9.10. The Labute approximate surface area is 94.4 Å². The van der Waals surface area contributed by atoms with Crippen molar-refractivity contribution in [2.24, 2.45) is 0 Å². The average molecular weight is 273 g/mol. The van der Waals surface area contributed by atoms with Crippen LogP contribution in [0.15, 0.2) is 28.9 Å². The summed E-state index contributed by atoms with van der Waals surface area (Å²) in [5.74, 6) is 0. The van der Waals surface area contributed by atoms with Gasteiger partial charge < -0.3 is 5.73 Å². The smallest absolute Gasteiger partial charge is 0.0906 e. The average Bonchev–Trinajstić information content (AvgIpc) is 2.52. The number of aromatic nitrogens is 2. The molecule has 0 unspecified atom stereocenters. The molecule has 0 aliphatic carbocycles. The third-order valence-electron chi connectivity index (χ3n) is 1.88. The fourth-order valence-corrected chi connectivity index (χ4v) is 2.18. The highest BCUT2D eigenvalue weighted by atomic mass is 79.9. The van der Waals surface area contributed by atoms with Crippen molar-refractivity contribution < 1.29 is 0 Å². The summed E-state index contributed by atoms with van der Waals surface area (Å²) in [5, 5.41) is 7.30. The van der Waals surface area contributed by atoms with Crippen molar-refractivity contribution in [2.75, 3.05) is 5.73 Å². The third kappa shape index (κ3) is 1.51. The number of nitrogens with one attached hydrogen (secondary N) is 1. The van der Waals surface area contributed by atoms with E-state index in [2.05, 4.69) is 26.1 Å². The van der Waals surface area contributed by atoms with Gasteiger partial charge in [-0.1, -0.05) is 33.6 Å². The van der Waals surface area contributed by atoms with Gasteiger partial charge in [-0.2, -0.15) is 5.10 Å². The molecule has 0 aliphatic heterocycles. The Morgan fingerprint density at radius 1 is 1.43 bits per heavy atom. The lowest BCUT2D eigenvalue weighted by Crippen LogP contribution is -1.88. The molecule has 0 amide bonds. The summed E-state index contributed by atoms with van der Waals surface area (Å²) in [4.78, 5) is 0. The Kier molecular flexibility index (Phi) is 2.48. The molecule has 0 saturated carbocycles. The standard InChI is InChI=1S/C9H7BrClN3/c10-5-2-1-3-6(11)8(5)9-7(12)4-13-14-9/h1-4H,12H2,(H,13,14). The van der Waals surface area contributed by atoms with Crippen molar-refractivity contribution in [3.63, 3.8) is 0 Å². The van der Waals surface area contributed by atoms with Crippen LogP contribution >= 0.6 is 27.5 Å². The van der Waals surface area contributed by atoms with Gasteiger partial charge in [-0.05, 0) is 12.1 Å². The summed E-state index contributed by atoms with van der Waals surface area (Å²) in [7, 11) is 0. The van der Waals surface area contributed by atoms with E-state index in [0.717, 1.165) is 15.7 Å². The molecular weight excluding hydrogens is 265 g/mol. The Balaban J connectivity index is 2.68. The first-order valence-corrected chi connectivity index (χ1v) is 5.10. The van der Waals surface area contributed by atoms with Crippen LogP contribution < -0.4 is 5.73 Å². The van der Waals surface area contributed by atoms with Crippen LogP contribution in [0.25, 0.3) is 11.3 Å². The Bertz CT molecular complexity index is 447. The van der Waals surface area contributed by atoms with E-state index in [4.69, 9.17) is 17.3 Å². The molecule has 1 heterocycles. The van der Waals surface area contributed by atoms with Gasteiger partial charge in [0.15, 0.2) is 0 Å². The molecular formula is C9H7BrClN3. The van der Waals surface area contributed by atoms with E-state index in [0.29, 0.717) is 10.7 Å². The number of rotatable bonds is 1. The first-order valence-electron chi connectivity index (χ1n) is 3.93. The van der Waals surface area contributed by atoms with E-state index in [1.54, 1.807) is 6.20 Å². The van der Waals surface area contributed by atoms with Gasteiger partial charge in [-0.3, -0.25) is 5.10 Å². The molecule has 0 spiro atoms.